The quantitative estimate of drug-likeness (QED) is 0.854. The standard InChI is InChI=1S/C13H10Cl2FNO/c14-10-3-2-9(6-11(10)15)18-7-8-1-4-13(17)12(16)5-8/h1-6H,7,17H2. The van der Waals surface area contributed by atoms with Crippen molar-refractivity contribution in [2.24, 2.45) is 0 Å². The number of anilines is 1. The Morgan fingerprint density at radius 3 is 2.50 bits per heavy atom. The minimum Gasteiger partial charge on any atom is -0.489 e. The highest BCUT2D eigenvalue weighted by molar-refractivity contribution is 6.42. The fourth-order valence-corrected chi connectivity index (χ4v) is 1.68. The van der Waals surface area contributed by atoms with E-state index in [9.17, 15) is 4.39 Å². The molecule has 0 aliphatic rings. The largest absolute Gasteiger partial charge is 0.489 e. The summed E-state index contributed by atoms with van der Waals surface area (Å²) in [6.45, 7) is 0.231. The zero-order valence-electron chi connectivity index (χ0n) is 9.29. The van der Waals surface area contributed by atoms with Gasteiger partial charge in [-0.3, -0.25) is 0 Å². The van der Waals surface area contributed by atoms with E-state index in [2.05, 4.69) is 0 Å². The number of halogens is 3. The maximum atomic E-state index is 13.2. The monoisotopic (exact) mass is 285 g/mol. The van der Waals surface area contributed by atoms with E-state index in [0.29, 0.717) is 21.4 Å². The SMILES string of the molecule is Nc1ccc(COc2ccc(Cl)c(Cl)c2)cc1F. The average Bonchev–Trinajstić information content (AvgIpc) is 2.35. The molecule has 2 aromatic rings. The number of benzene rings is 2. The molecular weight excluding hydrogens is 276 g/mol. The number of nitrogens with two attached hydrogens (primary N) is 1. The summed E-state index contributed by atoms with van der Waals surface area (Å²) < 4.78 is 18.7. The third-order valence-electron chi connectivity index (χ3n) is 2.36. The summed E-state index contributed by atoms with van der Waals surface area (Å²) in [6, 6.07) is 9.49. The summed E-state index contributed by atoms with van der Waals surface area (Å²) in [6.07, 6.45) is 0. The minimum absolute atomic E-state index is 0.119. The molecule has 0 heterocycles. The Balaban J connectivity index is 2.06. The Bertz CT molecular complexity index is 523. The van der Waals surface area contributed by atoms with Gasteiger partial charge in [0.05, 0.1) is 15.7 Å². The lowest BCUT2D eigenvalue weighted by atomic mass is 10.2. The molecule has 18 heavy (non-hydrogen) atoms. The van der Waals surface area contributed by atoms with Crippen molar-refractivity contribution in [3.63, 3.8) is 0 Å². The zero-order valence-corrected chi connectivity index (χ0v) is 10.8. The lowest BCUT2D eigenvalue weighted by Crippen LogP contribution is -1.98. The molecular formula is C13H10Cl2FNO. The summed E-state index contributed by atoms with van der Waals surface area (Å²) in [5.41, 5.74) is 6.19. The van der Waals surface area contributed by atoms with Crippen LogP contribution in [0.1, 0.15) is 5.56 Å². The van der Waals surface area contributed by atoms with Crippen molar-refractivity contribution in [1.29, 1.82) is 0 Å². The maximum absolute atomic E-state index is 13.2. The van der Waals surface area contributed by atoms with E-state index in [1.165, 1.54) is 12.1 Å². The molecule has 0 aliphatic heterocycles. The second kappa shape index (κ2) is 5.46. The average molecular weight is 286 g/mol. The van der Waals surface area contributed by atoms with Crippen LogP contribution in [0.2, 0.25) is 10.0 Å². The van der Waals surface area contributed by atoms with E-state index in [4.69, 9.17) is 33.7 Å². The first kappa shape index (κ1) is 13.0. The van der Waals surface area contributed by atoms with Gasteiger partial charge in [-0.25, -0.2) is 4.39 Å². The molecule has 0 bridgehead atoms. The topological polar surface area (TPSA) is 35.2 Å². The van der Waals surface area contributed by atoms with Crippen molar-refractivity contribution in [2.75, 3.05) is 5.73 Å². The first-order valence-corrected chi connectivity index (χ1v) is 5.93. The van der Waals surface area contributed by atoms with E-state index in [-0.39, 0.29) is 12.3 Å². The highest BCUT2D eigenvalue weighted by atomic mass is 35.5. The predicted molar refractivity (Wildman–Crippen MR) is 71.6 cm³/mol. The number of hydrogen-bond acceptors (Lipinski definition) is 2. The first-order chi connectivity index (χ1) is 8.56. The summed E-state index contributed by atoms with van der Waals surface area (Å²) in [7, 11) is 0. The Morgan fingerprint density at radius 1 is 1.06 bits per heavy atom. The second-order valence-electron chi connectivity index (χ2n) is 3.72. The van der Waals surface area contributed by atoms with E-state index in [1.807, 2.05) is 0 Å². The van der Waals surface area contributed by atoms with Gasteiger partial charge in [0.15, 0.2) is 0 Å². The Hall–Kier alpha value is -1.45. The molecule has 5 heteroatoms. The lowest BCUT2D eigenvalue weighted by molar-refractivity contribution is 0.305. The Labute approximate surface area is 114 Å². The number of rotatable bonds is 3. The molecule has 2 aromatic carbocycles. The molecule has 0 aliphatic carbocycles. The van der Waals surface area contributed by atoms with Gasteiger partial charge in [0.2, 0.25) is 0 Å². The molecule has 0 saturated carbocycles. The second-order valence-corrected chi connectivity index (χ2v) is 4.53. The third-order valence-corrected chi connectivity index (χ3v) is 3.10. The number of nitrogen functional groups attached to an aromatic ring is 1. The van der Waals surface area contributed by atoms with Gasteiger partial charge in [-0.2, -0.15) is 0 Å². The van der Waals surface area contributed by atoms with E-state index >= 15 is 0 Å². The summed E-state index contributed by atoms with van der Waals surface area (Å²) >= 11 is 11.6. The van der Waals surface area contributed by atoms with E-state index in [0.717, 1.165) is 0 Å². The highest BCUT2D eigenvalue weighted by Crippen LogP contribution is 2.26. The minimum atomic E-state index is -0.453. The van der Waals surface area contributed by atoms with Crippen molar-refractivity contribution < 1.29 is 9.13 Å². The van der Waals surface area contributed by atoms with Crippen LogP contribution in [-0.2, 0) is 6.61 Å². The number of ether oxygens (including phenoxy) is 1. The van der Waals surface area contributed by atoms with Crippen LogP contribution in [0.3, 0.4) is 0 Å². The van der Waals surface area contributed by atoms with Gasteiger partial charge in [-0.15, -0.1) is 0 Å². The third kappa shape index (κ3) is 3.06. The van der Waals surface area contributed by atoms with Crippen LogP contribution in [0.15, 0.2) is 36.4 Å². The van der Waals surface area contributed by atoms with Crippen LogP contribution in [0.4, 0.5) is 10.1 Å². The van der Waals surface area contributed by atoms with Crippen LogP contribution in [-0.4, -0.2) is 0 Å². The van der Waals surface area contributed by atoms with Crippen LogP contribution in [0.25, 0.3) is 0 Å². The molecule has 0 saturated heterocycles. The summed E-state index contributed by atoms with van der Waals surface area (Å²) in [5, 5.41) is 0.875. The maximum Gasteiger partial charge on any atom is 0.146 e. The summed E-state index contributed by atoms with van der Waals surface area (Å²) in [4.78, 5) is 0. The predicted octanol–water partition coefficient (Wildman–Crippen LogP) is 4.29. The first-order valence-electron chi connectivity index (χ1n) is 5.18. The van der Waals surface area contributed by atoms with Crippen LogP contribution >= 0.6 is 23.2 Å². The van der Waals surface area contributed by atoms with Gasteiger partial charge in [0.25, 0.3) is 0 Å². The van der Waals surface area contributed by atoms with Gasteiger partial charge in [0.1, 0.15) is 18.2 Å². The molecule has 0 amide bonds. The van der Waals surface area contributed by atoms with Gasteiger partial charge < -0.3 is 10.5 Å². The van der Waals surface area contributed by atoms with Crippen molar-refractivity contribution in [3.8, 4) is 5.75 Å². The molecule has 2 nitrogen and oxygen atoms in total. The van der Waals surface area contributed by atoms with Crippen molar-refractivity contribution in [2.45, 2.75) is 6.61 Å². The van der Waals surface area contributed by atoms with Crippen LogP contribution in [0, 0.1) is 5.82 Å². The Kier molecular flexibility index (Phi) is 3.94. The fraction of sp³-hybridized carbons (Fsp3) is 0.0769. The van der Waals surface area contributed by atoms with Gasteiger partial charge in [-0.05, 0) is 29.8 Å². The van der Waals surface area contributed by atoms with Gasteiger partial charge >= 0.3 is 0 Å². The molecule has 2 rings (SSSR count). The molecule has 0 spiro atoms. The van der Waals surface area contributed by atoms with Gasteiger partial charge in [-0.1, -0.05) is 29.3 Å². The van der Waals surface area contributed by atoms with Gasteiger partial charge in [0, 0.05) is 6.07 Å². The molecule has 2 N–H and O–H groups in total. The van der Waals surface area contributed by atoms with Crippen molar-refractivity contribution >= 4 is 28.9 Å². The molecule has 0 fully saturated rings. The highest BCUT2D eigenvalue weighted by Gasteiger charge is 2.03. The molecule has 0 radical (unpaired) electrons. The molecule has 0 unspecified atom stereocenters. The zero-order chi connectivity index (χ0) is 13.1. The normalized spacial score (nSPS) is 10.4. The Morgan fingerprint density at radius 2 is 1.83 bits per heavy atom. The van der Waals surface area contributed by atoms with Crippen molar-refractivity contribution in [3.05, 3.63) is 57.8 Å². The smallest absolute Gasteiger partial charge is 0.146 e. The van der Waals surface area contributed by atoms with E-state index in [1.54, 1.807) is 24.3 Å². The van der Waals surface area contributed by atoms with Crippen molar-refractivity contribution in [1.82, 2.24) is 0 Å². The fourth-order valence-electron chi connectivity index (χ4n) is 1.39. The lowest BCUT2D eigenvalue weighted by Gasteiger charge is -2.08. The molecule has 0 aromatic heterocycles. The van der Waals surface area contributed by atoms with Crippen LogP contribution in [0.5, 0.6) is 5.75 Å². The number of hydrogen-bond donors (Lipinski definition) is 1. The van der Waals surface area contributed by atoms with Crippen LogP contribution < -0.4 is 10.5 Å². The van der Waals surface area contributed by atoms with E-state index < -0.39 is 5.82 Å². The summed E-state index contributed by atoms with van der Waals surface area (Å²) in [5.74, 6) is 0.117. The molecule has 94 valence electrons. The molecule has 0 atom stereocenters.